The van der Waals surface area contributed by atoms with Crippen LogP contribution < -0.4 is 5.73 Å². The van der Waals surface area contributed by atoms with Crippen LogP contribution in [0, 0.1) is 0 Å². The molecule has 0 saturated heterocycles. The van der Waals surface area contributed by atoms with Crippen molar-refractivity contribution in [2.45, 2.75) is 11.5 Å². The van der Waals surface area contributed by atoms with Gasteiger partial charge in [-0.3, -0.25) is 4.79 Å². The summed E-state index contributed by atoms with van der Waals surface area (Å²) in [5.74, 6) is -1.11. The number of thioether (sulfide) groups is 1. The lowest BCUT2D eigenvalue weighted by Crippen LogP contribution is -2.10. The molecule has 1 rings (SSSR count). The van der Waals surface area contributed by atoms with Crippen LogP contribution in [-0.2, 0) is 4.79 Å². The minimum Gasteiger partial charge on any atom is -0.475 e. The van der Waals surface area contributed by atoms with Crippen molar-refractivity contribution in [2.75, 3.05) is 5.75 Å². The van der Waals surface area contributed by atoms with Crippen LogP contribution >= 0.6 is 11.8 Å². The fraction of sp³-hybridized carbons (Fsp3) is 0.250. The Kier molecular flexibility index (Phi) is 3.58. The summed E-state index contributed by atoms with van der Waals surface area (Å²) in [6.07, 6.45) is 0.244. The summed E-state index contributed by atoms with van der Waals surface area (Å²) in [7, 11) is 0. The molecular weight excluding hydrogens is 206 g/mol. The maximum Gasteiger partial charge on any atom is 0.371 e. The number of carboxylic acids is 1. The largest absolute Gasteiger partial charge is 0.475 e. The van der Waals surface area contributed by atoms with Gasteiger partial charge in [-0.2, -0.15) is 0 Å². The Morgan fingerprint density at radius 2 is 2.21 bits per heavy atom. The second kappa shape index (κ2) is 4.71. The molecule has 6 heteroatoms. The Morgan fingerprint density at radius 1 is 1.50 bits per heavy atom. The molecule has 1 heterocycles. The molecule has 3 N–H and O–H groups in total. The fourth-order valence-electron chi connectivity index (χ4n) is 0.765. The standard InChI is InChI=1S/C8H9NO4S/c9-6(10)3-4-14-7-2-1-5(13-7)8(11)12/h1-2H,3-4H2,(H2,9,10)(H,11,12). The summed E-state index contributed by atoms with van der Waals surface area (Å²) >= 11 is 1.26. The van der Waals surface area contributed by atoms with Gasteiger partial charge < -0.3 is 15.3 Å². The molecule has 0 bridgehead atoms. The van der Waals surface area contributed by atoms with Crippen molar-refractivity contribution in [3.63, 3.8) is 0 Å². The zero-order chi connectivity index (χ0) is 10.6. The lowest BCUT2D eigenvalue weighted by Gasteiger charge is -1.93. The maximum absolute atomic E-state index is 10.4. The van der Waals surface area contributed by atoms with Crippen LogP contribution in [0.5, 0.6) is 0 Å². The van der Waals surface area contributed by atoms with E-state index in [1.807, 2.05) is 0 Å². The van der Waals surface area contributed by atoms with Crippen molar-refractivity contribution >= 4 is 23.6 Å². The van der Waals surface area contributed by atoms with Gasteiger partial charge in [0.2, 0.25) is 11.7 Å². The Labute approximate surface area is 84.3 Å². The molecule has 0 unspecified atom stereocenters. The second-order valence-corrected chi connectivity index (χ2v) is 3.59. The first-order valence-corrected chi connectivity index (χ1v) is 4.82. The Hall–Kier alpha value is -1.43. The Balaban J connectivity index is 2.44. The van der Waals surface area contributed by atoms with E-state index in [-0.39, 0.29) is 18.1 Å². The van der Waals surface area contributed by atoms with Crippen LogP contribution in [0.3, 0.4) is 0 Å². The monoisotopic (exact) mass is 215 g/mol. The molecular formula is C8H9NO4S. The normalized spacial score (nSPS) is 10.0. The summed E-state index contributed by atoms with van der Waals surface area (Å²) in [5, 5.41) is 9.01. The minimum absolute atomic E-state index is 0.105. The van der Waals surface area contributed by atoms with Crippen LogP contribution in [0.2, 0.25) is 0 Å². The molecule has 0 atom stereocenters. The predicted octanol–water partition coefficient (Wildman–Crippen LogP) is 0.945. The Morgan fingerprint density at radius 3 is 2.71 bits per heavy atom. The van der Waals surface area contributed by atoms with Gasteiger partial charge in [-0.15, -0.1) is 0 Å². The number of furan rings is 1. The summed E-state index contributed by atoms with van der Waals surface area (Å²) in [6.45, 7) is 0. The van der Waals surface area contributed by atoms with E-state index in [1.54, 1.807) is 6.07 Å². The summed E-state index contributed by atoms with van der Waals surface area (Å²) in [6, 6.07) is 2.92. The predicted molar refractivity (Wildman–Crippen MR) is 50.2 cm³/mol. The molecule has 0 fully saturated rings. The van der Waals surface area contributed by atoms with Gasteiger partial charge in [0, 0.05) is 12.2 Å². The van der Waals surface area contributed by atoms with E-state index in [0.717, 1.165) is 0 Å². The number of rotatable bonds is 5. The van der Waals surface area contributed by atoms with E-state index in [2.05, 4.69) is 0 Å². The molecule has 0 aliphatic carbocycles. The van der Waals surface area contributed by atoms with Crippen LogP contribution in [0.1, 0.15) is 17.0 Å². The topological polar surface area (TPSA) is 93.5 Å². The molecule has 1 amide bonds. The van der Waals surface area contributed by atoms with Crippen molar-refractivity contribution in [2.24, 2.45) is 5.73 Å². The third kappa shape index (κ3) is 3.14. The SMILES string of the molecule is NC(=O)CCSc1ccc(C(=O)O)o1. The number of carbonyl (C=O) groups excluding carboxylic acids is 1. The molecule has 0 spiro atoms. The third-order valence-electron chi connectivity index (χ3n) is 1.38. The quantitative estimate of drug-likeness (QED) is 0.713. The zero-order valence-corrected chi connectivity index (χ0v) is 8.04. The van der Waals surface area contributed by atoms with Gasteiger partial charge in [-0.05, 0) is 12.1 Å². The molecule has 76 valence electrons. The van der Waals surface area contributed by atoms with Gasteiger partial charge in [-0.25, -0.2) is 4.79 Å². The summed E-state index contributed by atoms with van der Waals surface area (Å²) in [4.78, 5) is 20.8. The molecule has 0 aliphatic heterocycles. The molecule has 5 nitrogen and oxygen atoms in total. The van der Waals surface area contributed by atoms with Crippen molar-refractivity contribution in [3.05, 3.63) is 17.9 Å². The van der Waals surface area contributed by atoms with Crippen LogP contribution in [0.25, 0.3) is 0 Å². The van der Waals surface area contributed by atoms with Crippen LogP contribution in [0.15, 0.2) is 21.6 Å². The molecule has 0 aromatic carbocycles. The van der Waals surface area contributed by atoms with E-state index in [0.29, 0.717) is 10.8 Å². The first kappa shape index (κ1) is 10.6. The average molecular weight is 215 g/mol. The fourth-order valence-corrected chi connectivity index (χ4v) is 1.58. The van der Waals surface area contributed by atoms with Gasteiger partial charge in [-0.1, -0.05) is 11.8 Å². The summed E-state index contributed by atoms with van der Waals surface area (Å²) in [5.41, 5.74) is 4.93. The van der Waals surface area contributed by atoms with Crippen molar-refractivity contribution < 1.29 is 19.1 Å². The molecule has 1 aromatic heterocycles. The van der Waals surface area contributed by atoms with Gasteiger partial charge in [0.25, 0.3) is 0 Å². The number of carboxylic acid groups (broad SMARTS) is 1. The third-order valence-corrected chi connectivity index (χ3v) is 2.30. The molecule has 14 heavy (non-hydrogen) atoms. The second-order valence-electron chi connectivity index (χ2n) is 2.49. The Bertz CT molecular complexity index is 347. The highest BCUT2D eigenvalue weighted by Crippen LogP contribution is 2.21. The molecule has 0 radical (unpaired) electrons. The van der Waals surface area contributed by atoms with E-state index in [4.69, 9.17) is 15.3 Å². The maximum atomic E-state index is 10.4. The minimum atomic E-state index is -1.10. The average Bonchev–Trinajstić information content (AvgIpc) is 2.52. The first-order chi connectivity index (χ1) is 6.59. The van der Waals surface area contributed by atoms with Crippen molar-refractivity contribution in [1.82, 2.24) is 0 Å². The van der Waals surface area contributed by atoms with E-state index < -0.39 is 5.97 Å². The van der Waals surface area contributed by atoms with Gasteiger partial charge in [0.05, 0.1) is 0 Å². The number of carbonyl (C=O) groups is 2. The number of hydrogen-bond acceptors (Lipinski definition) is 4. The van der Waals surface area contributed by atoms with E-state index in [1.165, 1.54) is 17.8 Å². The molecule has 0 aliphatic rings. The number of aromatic carboxylic acids is 1. The highest BCUT2D eigenvalue weighted by atomic mass is 32.2. The van der Waals surface area contributed by atoms with Crippen molar-refractivity contribution in [1.29, 1.82) is 0 Å². The first-order valence-electron chi connectivity index (χ1n) is 3.84. The molecule has 0 saturated carbocycles. The zero-order valence-electron chi connectivity index (χ0n) is 7.23. The van der Waals surface area contributed by atoms with Crippen LogP contribution in [0.4, 0.5) is 0 Å². The summed E-state index contributed by atoms with van der Waals surface area (Å²) < 4.78 is 4.94. The van der Waals surface area contributed by atoms with Crippen molar-refractivity contribution in [3.8, 4) is 0 Å². The van der Waals surface area contributed by atoms with Gasteiger partial charge in [0.15, 0.2) is 5.09 Å². The number of nitrogens with two attached hydrogens (primary N) is 1. The van der Waals surface area contributed by atoms with Gasteiger partial charge in [0.1, 0.15) is 0 Å². The van der Waals surface area contributed by atoms with Gasteiger partial charge >= 0.3 is 5.97 Å². The number of amides is 1. The van der Waals surface area contributed by atoms with Crippen LogP contribution in [-0.4, -0.2) is 22.7 Å². The number of primary amides is 1. The molecule has 1 aromatic rings. The number of hydrogen-bond donors (Lipinski definition) is 2. The lowest BCUT2D eigenvalue weighted by molar-refractivity contribution is -0.117. The van der Waals surface area contributed by atoms with E-state index in [9.17, 15) is 9.59 Å². The van der Waals surface area contributed by atoms with E-state index >= 15 is 0 Å². The smallest absolute Gasteiger partial charge is 0.371 e. The lowest BCUT2D eigenvalue weighted by atomic mass is 10.5. The highest BCUT2D eigenvalue weighted by molar-refractivity contribution is 7.99. The highest BCUT2D eigenvalue weighted by Gasteiger charge is 2.09.